The van der Waals surface area contributed by atoms with Crippen LogP contribution in [0.3, 0.4) is 0 Å². The van der Waals surface area contributed by atoms with E-state index in [1.54, 1.807) is 30.4 Å². The van der Waals surface area contributed by atoms with Crippen molar-refractivity contribution in [1.82, 2.24) is 9.88 Å². The van der Waals surface area contributed by atoms with Crippen molar-refractivity contribution in [2.24, 2.45) is 0 Å². The van der Waals surface area contributed by atoms with Gasteiger partial charge in [0.15, 0.2) is 0 Å². The van der Waals surface area contributed by atoms with E-state index in [1.165, 1.54) is 0 Å². The van der Waals surface area contributed by atoms with Gasteiger partial charge in [-0.3, -0.25) is 4.98 Å². The molecule has 0 aromatic carbocycles. The van der Waals surface area contributed by atoms with Gasteiger partial charge in [-0.2, -0.15) is 0 Å². The van der Waals surface area contributed by atoms with Crippen LogP contribution in [0.5, 0.6) is 0 Å². The summed E-state index contributed by atoms with van der Waals surface area (Å²) in [7, 11) is 1.62. The average molecular weight is 268 g/mol. The second-order valence-corrected chi connectivity index (χ2v) is 3.77. The first-order valence-electron chi connectivity index (χ1n) is 4.84. The van der Waals surface area contributed by atoms with E-state index in [-0.39, 0.29) is 57.9 Å². The molecular weight excluding hydrogens is 255 g/mol. The molecule has 2 nitrogen and oxygen atoms in total. The van der Waals surface area contributed by atoms with Gasteiger partial charge in [0.25, 0.3) is 0 Å². The monoisotopic (exact) mass is 268 g/mol. The molecule has 1 aromatic rings. The average Bonchev–Trinajstić information content (AvgIpc) is 2.17. The third-order valence-electron chi connectivity index (χ3n) is 2.11. The minimum atomic E-state index is -4.94. The van der Waals surface area contributed by atoms with Crippen LogP contribution in [0.2, 0.25) is 0 Å². The van der Waals surface area contributed by atoms with Gasteiger partial charge in [0.1, 0.15) is 0 Å². The molecule has 0 radical (unpaired) electrons. The first-order chi connectivity index (χ1) is 7.39. The number of pyridine rings is 1. The second kappa shape index (κ2) is 7.71. The minimum Gasteiger partial charge on any atom is -0.445 e. The van der Waals surface area contributed by atoms with E-state index in [0.717, 1.165) is 5.56 Å². The number of halogens is 3. The largest absolute Gasteiger partial charge is 1.00 e. The van der Waals surface area contributed by atoms with Gasteiger partial charge in [0, 0.05) is 18.9 Å². The molecule has 0 aliphatic rings. The van der Waals surface area contributed by atoms with Crippen molar-refractivity contribution in [1.29, 1.82) is 0 Å². The molecule has 0 bridgehead atoms. The molecule has 0 aliphatic heterocycles. The van der Waals surface area contributed by atoms with Crippen LogP contribution in [0, 0.1) is 0 Å². The SMILES string of the molecule is C=C(CN(C)Cc1cccnc1)[B-](F)(F)F.[K+]. The van der Waals surface area contributed by atoms with E-state index in [4.69, 9.17) is 0 Å². The zero-order valence-corrected chi connectivity index (χ0v) is 13.2. The van der Waals surface area contributed by atoms with E-state index in [1.807, 2.05) is 6.07 Å². The number of nitrogens with zero attached hydrogens (tertiary/aromatic N) is 2. The van der Waals surface area contributed by atoms with Gasteiger partial charge in [-0.05, 0) is 25.2 Å². The Morgan fingerprint density at radius 2 is 2.12 bits per heavy atom. The van der Waals surface area contributed by atoms with E-state index in [2.05, 4.69) is 11.6 Å². The Morgan fingerprint density at radius 3 is 2.59 bits per heavy atom. The molecule has 0 N–H and O–H groups in total. The molecule has 0 atom stereocenters. The van der Waals surface area contributed by atoms with E-state index >= 15 is 0 Å². The maximum absolute atomic E-state index is 12.3. The predicted molar refractivity (Wildman–Crippen MR) is 58.8 cm³/mol. The Labute approximate surface area is 142 Å². The fourth-order valence-electron chi connectivity index (χ4n) is 1.31. The van der Waals surface area contributed by atoms with Crippen molar-refractivity contribution in [3.8, 4) is 0 Å². The standard InChI is InChI=1S/C10H13BF3N2.K/c1-9(11(12,13)14)7-16(2)8-10-4-3-5-15-6-10;/h3-6H,1,7-8H2,2H3;/q-1;+1. The quantitative estimate of drug-likeness (QED) is 0.667. The fraction of sp³-hybridized carbons (Fsp3) is 0.300. The summed E-state index contributed by atoms with van der Waals surface area (Å²) in [5.41, 5.74) is 0.207. The van der Waals surface area contributed by atoms with Crippen molar-refractivity contribution in [2.45, 2.75) is 6.54 Å². The summed E-state index contributed by atoms with van der Waals surface area (Å²) >= 11 is 0. The molecule has 0 aliphatic carbocycles. The molecule has 7 heteroatoms. The number of hydrogen-bond acceptors (Lipinski definition) is 2. The van der Waals surface area contributed by atoms with Crippen LogP contribution in [0.25, 0.3) is 0 Å². The number of aromatic nitrogens is 1. The molecule has 0 amide bonds. The zero-order valence-electron chi connectivity index (χ0n) is 10.0. The topological polar surface area (TPSA) is 16.1 Å². The third kappa shape index (κ3) is 6.73. The molecule has 0 fully saturated rings. The summed E-state index contributed by atoms with van der Waals surface area (Å²) in [4.78, 5) is 5.46. The Kier molecular flexibility index (Phi) is 7.86. The summed E-state index contributed by atoms with van der Waals surface area (Å²) in [6.07, 6.45) is 3.26. The molecule has 0 saturated carbocycles. The van der Waals surface area contributed by atoms with Crippen molar-refractivity contribution in [3.63, 3.8) is 0 Å². The Hall–Kier alpha value is 0.341. The number of rotatable bonds is 5. The smallest absolute Gasteiger partial charge is 0.445 e. The summed E-state index contributed by atoms with van der Waals surface area (Å²) in [6.45, 7) is -1.62. The molecule has 1 heterocycles. The van der Waals surface area contributed by atoms with Crippen LogP contribution in [0.1, 0.15) is 5.56 Å². The van der Waals surface area contributed by atoms with E-state index in [9.17, 15) is 12.9 Å². The summed E-state index contributed by atoms with van der Waals surface area (Å²) in [5, 5.41) is 0. The second-order valence-electron chi connectivity index (χ2n) is 3.77. The maximum atomic E-state index is 12.3. The van der Waals surface area contributed by atoms with Crippen LogP contribution < -0.4 is 51.4 Å². The van der Waals surface area contributed by atoms with Gasteiger partial charge < -0.3 is 17.8 Å². The molecule has 0 unspecified atom stereocenters. The van der Waals surface area contributed by atoms with Crippen molar-refractivity contribution in [2.75, 3.05) is 13.6 Å². The van der Waals surface area contributed by atoms with Gasteiger partial charge >= 0.3 is 58.4 Å². The van der Waals surface area contributed by atoms with Crippen LogP contribution in [-0.4, -0.2) is 30.5 Å². The van der Waals surface area contributed by atoms with Crippen LogP contribution in [-0.2, 0) is 6.54 Å². The molecule has 0 saturated heterocycles. The summed E-state index contributed by atoms with van der Waals surface area (Å²) in [5.74, 6) is 0. The van der Waals surface area contributed by atoms with Crippen LogP contribution >= 0.6 is 0 Å². The van der Waals surface area contributed by atoms with Crippen molar-refractivity contribution >= 4 is 6.98 Å². The van der Waals surface area contributed by atoms with Crippen LogP contribution in [0.15, 0.2) is 36.6 Å². The van der Waals surface area contributed by atoms with E-state index in [0.29, 0.717) is 6.54 Å². The van der Waals surface area contributed by atoms with Crippen molar-refractivity contribution < 1.29 is 64.3 Å². The zero-order chi connectivity index (χ0) is 12.2. The number of likely N-dealkylation sites (N-methyl/N-ethyl adjacent to an activating group) is 1. The van der Waals surface area contributed by atoms with Gasteiger partial charge in [-0.15, -0.1) is 12.1 Å². The Morgan fingerprint density at radius 1 is 1.47 bits per heavy atom. The molecule has 17 heavy (non-hydrogen) atoms. The fourth-order valence-corrected chi connectivity index (χ4v) is 1.31. The van der Waals surface area contributed by atoms with E-state index < -0.39 is 12.4 Å². The Balaban J connectivity index is 0.00000256. The van der Waals surface area contributed by atoms with Gasteiger partial charge in [-0.1, -0.05) is 6.07 Å². The normalized spacial score (nSPS) is 11.1. The summed E-state index contributed by atoms with van der Waals surface area (Å²) in [6, 6.07) is 3.58. The first kappa shape index (κ1) is 17.3. The third-order valence-corrected chi connectivity index (χ3v) is 2.11. The minimum absolute atomic E-state index is 0. The maximum Gasteiger partial charge on any atom is 1.00 e. The van der Waals surface area contributed by atoms with Crippen molar-refractivity contribution in [3.05, 3.63) is 42.1 Å². The molecule has 1 rings (SSSR count). The molecular formula is C10H13BF3KN2. The van der Waals surface area contributed by atoms with Gasteiger partial charge in [0.2, 0.25) is 0 Å². The number of hydrogen-bond donors (Lipinski definition) is 0. The summed E-state index contributed by atoms with van der Waals surface area (Å²) < 4.78 is 36.8. The van der Waals surface area contributed by atoms with Gasteiger partial charge in [0.05, 0.1) is 0 Å². The van der Waals surface area contributed by atoms with Crippen LogP contribution in [0.4, 0.5) is 12.9 Å². The Bertz CT molecular complexity index is 356. The molecule has 88 valence electrons. The predicted octanol–water partition coefficient (Wildman–Crippen LogP) is -0.540. The first-order valence-corrected chi connectivity index (χ1v) is 4.84. The molecule has 1 aromatic heterocycles. The molecule has 0 spiro atoms. The van der Waals surface area contributed by atoms with Gasteiger partial charge in [-0.25, -0.2) is 0 Å².